The molecular weight excluding hydrogens is 263 g/mol. The number of halogens is 2. The van der Waals surface area contributed by atoms with Crippen molar-refractivity contribution in [3.63, 3.8) is 0 Å². The molecule has 2 aromatic rings. The highest BCUT2D eigenvalue weighted by Crippen LogP contribution is 2.28. The fourth-order valence-corrected chi connectivity index (χ4v) is 2.28. The van der Waals surface area contributed by atoms with Gasteiger partial charge in [-0.3, -0.25) is 4.98 Å². The molecule has 0 saturated heterocycles. The standard InChI is InChI=1S/C15H16ClFN2/c1-3-18-14(15-12(16)5-4-8-19-15)11-9-10(2)6-7-13(11)17/h4-9,14,18H,3H2,1-2H3. The summed E-state index contributed by atoms with van der Waals surface area (Å²) in [4.78, 5) is 4.28. The van der Waals surface area contributed by atoms with Crippen molar-refractivity contribution >= 4 is 11.6 Å². The Morgan fingerprint density at radius 3 is 2.84 bits per heavy atom. The second-order valence-corrected chi connectivity index (χ2v) is 4.79. The maximum Gasteiger partial charge on any atom is 0.128 e. The molecule has 0 aliphatic heterocycles. The van der Waals surface area contributed by atoms with Crippen LogP contribution < -0.4 is 5.32 Å². The molecule has 0 radical (unpaired) electrons. The van der Waals surface area contributed by atoms with Crippen LogP contribution in [0.2, 0.25) is 5.02 Å². The van der Waals surface area contributed by atoms with Crippen LogP contribution in [0.15, 0.2) is 36.5 Å². The molecule has 1 heterocycles. The lowest BCUT2D eigenvalue weighted by Crippen LogP contribution is -2.24. The number of benzene rings is 1. The molecule has 1 unspecified atom stereocenters. The van der Waals surface area contributed by atoms with Gasteiger partial charge in [-0.25, -0.2) is 4.39 Å². The van der Waals surface area contributed by atoms with Crippen molar-refractivity contribution in [2.45, 2.75) is 19.9 Å². The van der Waals surface area contributed by atoms with Gasteiger partial charge in [0.1, 0.15) is 5.82 Å². The van der Waals surface area contributed by atoms with Crippen molar-refractivity contribution < 1.29 is 4.39 Å². The van der Waals surface area contributed by atoms with Gasteiger partial charge in [-0.15, -0.1) is 0 Å². The molecule has 0 aliphatic rings. The summed E-state index contributed by atoms with van der Waals surface area (Å²) in [5, 5.41) is 3.77. The fraction of sp³-hybridized carbons (Fsp3) is 0.267. The quantitative estimate of drug-likeness (QED) is 0.918. The summed E-state index contributed by atoms with van der Waals surface area (Å²) in [5.41, 5.74) is 2.23. The Morgan fingerprint density at radius 2 is 2.16 bits per heavy atom. The Bertz CT molecular complexity index is 572. The molecular formula is C15H16ClFN2. The molecule has 2 rings (SSSR count). The third kappa shape index (κ3) is 3.11. The van der Waals surface area contributed by atoms with Crippen LogP contribution in [-0.4, -0.2) is 11.5 Å². The highest BCUT2D eigenvalue weighted by Gasteiger charge is 2.20. The van der Waals surface area contributed by atoms with E-state index in [0.717, 1.165) is 5.56 Å². The average molecular weight is 279 g/mol. The van der Waals surface area contributed by atoms with Crippen LogP contribution in [0.5, 0.6) is 0 Å². The number of hydrogen-bond donors (Lipinski definition) is 1. The summed E-state index contributed by atoms with van der Waals surface area (Å²) in [5.74, 6) is -0.252. The van der Waals surface area contributed by atoms with Crippen LogP contribution in [0.25, 0.3) is 0 Å². The fourth-order valence-electron chi connectivity index (χ4n) is 2.05. The van der Waals surface area contributed by atoms with Gasteiger partial charge in [-0.2, -0.15) is 0 Å². The van der Waals surface area contributed by atoms with Gasteiger partial charge in [-0.05, 0) is 31.7 Å². The topological polar surface area (TPSA) is 24.9 Å². The molecule has 100 valence electrons. The summed E-state index contributed by atoms with van der Waals surface area (Å²) in [6.45, 7) is 4.61. The van der Waals surface area contributed by atoms with Crippen LogP contribution in [0.4, 0.5) is 4.39 Å². The minimum atomic E-state index is -0.335. The predicted octanol–water partition coefficient (Wildman–Crippen LogP) is 3.88. The first-order chi connectivity index (χ1) is 9.13. The lowest BCUT2D eigenvalue weighted by molar-refractivity contribution is 0.551. The smallest absolute Gasteiger partial charge is 0.128 e. The Hall–Kier alpha value is -1.45. The molecule has 1 N–H and O–H groups in total. The first-order valence-corrected chi connectivity index (χ1v) is 6.61. The van der Waals surface area contributed by atoms with Gasteiger partial charge >= 0.3 is 0 Å². The molecule has 0 spiro atoms. The number of nitrogens with zero attached hydrogens (tertiary/aromatic N) is 1. The van der Waals surface area contributed by atoms with Crippen molar-refractivity contribution in [3.05, 3.63) is 64.2 Å². The zero-order valence-electron chi connectivity index (χ0n) is 11.0. The van der Waals surface area contributed by atoms with Crippen molar-refractivity contribution in [1.29, 1.82) is 0 Å². The summed E-state index contributed by atoms with van der Waals surface area (Å²) >= 11 is 6.17. The number of aryl methyl sites for hydroxylation is 1. The molecule has 4 heteroatoms. The third-order valence-electron chi connectivity index (χ3n) is 2.93. The van der Waals surface area contributed by atoms with Crippen LogP contribution in [-0.2, 0) is 0 Å². The first kappa shape index (κ1) is 14.0. The summed E-state index contributed by atoms with van der Waals surface area (Å²) in [7, 11) is 0. The van der Waals surface area contributed by atoms with Crippen molar-refractivity contribution in [1.82, 2.24) is 10.3 Å². The molecule has 1 aromatic carbocycles. The lowest BCUT2D eigenvalue weighted by Gasteiger charge is -2.20. The van der Waals surface area contributed by atoms with Gasteiger partial charge in [0.15, 0.2) is 0 Å². The number of hydrogen-bond acceptors (Lipinski definition) is 2. The van der Waals surface area contributed by atoms with Crippen molar-refractivity contribution in [2.24, 2.45) is 0 Å². The minimum absolute atomic E-state index is 0.252. The summed E-state index contributed by atoms with van der Waals surface area (Å²) < 4.78 is 14.0. The van der Waals surface area contributed by atoms with E-state index in [0.29, 0.717) is 22.8 Å². The van der Waals surface area contributed by atoms with E-state index in [1.807, 2.05) is 19.9 Å². The Kier molecular flexibility index (Phi) is 4.51. The van der Waals surface area contributed by atoms with Crippen molar-refractivity contribution in [3.8, 4) is 0 Å². The molecule has 0 aliphatic carbocycles. The predicted molar refractivity (Wildman–Crippen MR) is 75.9 cm³/mol. The average Bonchev–Trinajstić information content (AvgIpc) is 2.40. The monoisotopic (exact) mass is 278 g/mol. The molecule has 0 bridgehead atoms. The first-order valence-electron chi connectivity index (χ1n) is 6.23. The number of rotatable bonds is 4. The van der Waals surface area contributed by atoms with E-state index < -0.39 is 0 Å². The Labute approximate surface area is 117 Å². The van der Waals surface area contributed by atoms with Crippen LogP contribution in [0.3, 0.4) is 0 Å². The van der Waals surface area contributed by atoms with Crippen LogP contribution in [0, 0.1) is 12.7 Å². The minimum Gasteiger partial charge on any atom is -0.305 e. The second-order valence-electron chi connectivity index (χ2n) is 4.39. The largest absolute Gasteiger partial charge is 0.305 e. The lowest BCUT2D eigenvalue weighted by atomic mass is 10.00. The number of pyridine rings is 1. The normalized spacial score (nSPS) is 12.4. The molecule has 2 nitrogen and oxygen atoms in total. The van der Waals surface area contributed by atoms with Crippen LogP contribution in [0.1, 0.15) is 29.8 Å². The SMILES string of the molecule is CCNC(c1cc(C)ccc1F)c1ncccc1Cl. The van der Waals surface area contributed by atoms with E-state index >= 15 is 0 Å². The molecule has 1 atom stereocenters. The Morgan fingerprint density at radius 1 is 1.37 bits per heavy atom. The molecule has 0 saturated carbocycles. The van der Waals surface area contributed by atoms with Gasteiger partial charge in [0.2, 0.25) is 0 Å². The molecule has 1 aromatic heterocycles. The second kappa shape index (κ2) is 6.13. The maximum atomic E-state index is 14.0. The molecule has 0 fully saturated rings. The highest BCUT2D eigenvalue weighted by molar-refractivity contribution is 6.31. The Balaban J connectivity index is 2.51. The highest BCUT2D eigenvalue weighted by atomic mass is 35.5. The van der Waals surface area contributed by atoms with E-state index in [9.17, 15) is 4.39 Å². The van der Waals surface area contributed by atoms with E-state index in [4.69, 9.17) is 11.6 Å². The maximum absolute atomic E-state index is 14.0. The van der Waals surface area contributed by atoms with Crippen LogP contribution >= 0.6 is 11.6 Å². The zero-order chi connectivity index (χ0) is 13.8. The van der Waals surface area contributed by atoms with E-state index in [1.54, 1.807) is 24.4 Å². The van der Waals surface area contributed by atoms with Gasteiger partial charge in [0.05, 0.1) is 16.8 Å². The number of aromatic nitrogens is 1. The van der Waals surface area contributed by atoms with Gasteiger partial charge in [0.25, 0.3) is 0 Å². The van der Waals surface area contributed by atoms with Gasteiger partial charge < -0.3 is 5.32 Å². The van der Waals surface area contributed by atoms with Gasteiger partial charge in [-0.1, -0.05) is 36.2 Å². The zero-order valence-corrected chi connectivity index (χ0v) is 11.7. The van der Waals surface area contributed by atoms with Crippen molar-refractivity contribution in [2.75, 3.05) is 6.54 Å². The third-order valence-corrected chi connectivity index (χ3v) is 3.25. The molecule has 0 amide bonds. The molecule has 19 heavy (non-hydrogen) atoms. The van der Waals surface area contributed by atoms with Gasteiger partial charge in [0, 0.05) is 11.8 Å². The summed E-state index contributed by atoms with van der Waals surface area (Å²) in [6.07, 6.45) is 1.67. The van der Waals surface area contributed by atoms with E-state index in [2.05, 4.69) is 10.3 Å². The summed E-state index contributed by atoms with van der Waals surface area (Å²) in [6, 6.07) is 8.25. The number of nitrogens with one attached hydrogen (secondary N) is 1. The van der Waals surface area contributed by atoms with E-state index in [1.165, 1.54) is 6.07 Å². The van der Waals surface area contributed by atoms with E-state index in [-0.39, 0.29) is 11.9 Å².